The third-order valence-electron chi connectivity index (χ3n) is 3.90. The summed E-state index contributed by atoms with van der Waals surface area (Å²) in [6.07, 6.45) is 2.74. The predicted octanol–water partition coefficient (Wildman–Crippen LogP) is 3.36. The first kappa shape index (κ1) is 13.8. The molecule has 1 aromatic rings. The third kappa shape index (κ3) is 2.72. The van der Waals surface area contributed by atoms with Crippen LogP contribution in [-0.4, -0.2) is 18.1 Å². The Kier molecular flexibility index (Phi) is 4.08. The Bertz CT molecular complexity index is 446. The van der Waals surface area contributed by atoms with Gasteiger partial charge in [-0.3, -0.25) is 0 Å². The Balaban J connectivity index is 2.23. The maximum Gasteiger partial charge on any atom is 0.332 e. The van der Waals surface area contributed by atoms with Gasteiger partial charge in [-0.15, -0.1) is 0 Å². The zero-order valence-corrected chi connectivity index (χ0v) is 11.4. The molecule has 0 aromatic heterocycles. The SMILES string of the molecule is CCOC(=O)C1(Nc2ccc(F)cc2)CCCC1C. The van der Waals surface area contributed by atoms with E-state index in [2.05, 4.69) is 12.2 Å². The van der Waals surface area contributed by atoms with E-state index in [1.165, 1.54) is 12.1 Å². The largest absolute Gasteiger partial charge is 0.464 e. The Morgan fingerprint density at radius 2 is 2.16 bits per heavy atom. The van der Waals surface area contributed by atoms with Crippen molar-refractivity contribution in [2.75, 3.05) is 11.9 Å². The topological polar surface area (TPSA) is 38.3 Å². The quantitative estimate of drug-likeness (QED) is 0.848. The monoisotopic (exact) mass is 265 g/mol. The molecule has 0 aliphatic heterocycles. The number of hydrogen-bond acceptors (Lipinski definition) is 3. The van der Waals surface area contributed by atoms with Crippen LogP contribution in [0.5, 0.6) is 0 Å². The van der Waals surface area contributed by atoms with Crippen molar-refractivity contribution in [1.82, 2.24) is 0 Å². The zero-order chi connectivity index (χ0) is 13.9. The van der Waals surface area contributed by atoms with Gasteiger partial charge in [-0.2, -0.15) is 0 Å². The van der Waals surface area contributed by atoms with Crippen molar-refractivity contribution in [3.05, 3.63) is 30.1 Å². The molecule has 2 rings (SSSR count). The minimum Gasteiger partial charge on any atom is -0.464 e. The van der Waals surface area contributed by atoms with Gasteiger partial charge in [-0.05, 0) is 49.9 Å². The molecule has 1 aromatic carbocycles. The lowest BCUT2D eigenvalue weighted by atomic mass is 9.88. The highest BCUT2D eigenvalue weighted by Gasteiger charge is 2.48. The first-order chi connectivity index (χ1) is 9.08. The molecule has 0 amide bonds. The fraction of sp³-hybridized carbons (Fsp3) is 0.533. The Labute approximate surface area is 113 Å². The molecule has 1 aliphatic rings. The summed E-state index contributed by atoms with van der Waals surface area (Å²) in [5.74, 6) is -0.281. The van der Waals surface area contributed by atoms with E-state index in [1.807, 2.05) is 6.92 Å². The molecule has 1 fully saturated rings. The van der Waals surface area contributed by atoms with Crippen molar-refractivity contribution in [2.45, 2.75) is 38.6 Å². The van der Waals surface area contributed by atoms with Gasteiger partial charge in [0.1, 0.15) is 11.4 Å². The number of carbonyl (C=O) groups is 1. The molecule has 0 heterocycles. The molecule has 1 N–H and O–H groups in total. The van der Waals surface area contributed by atoms with Crippen molar-refractivity contribution in [3.63, 3.8) is 0 Å². The van der Waals surface area contributed by atoms with Gasteiger partial charge in [-0.25, -0.2) is 9.18 Å². The van der Waals surface area contributed by atoms with Gasteiger partial charge in [0.15, 0.2) is 0 Å². The third-order valence-corrected chi connectivity index (χ3v) is 3.90. The summed E-state index contributed by atoms with van der Waals surface area (Å²) < 4.78 is 18.2. The Morgan fingerprint density at radius 1 is 1.47 bits per heavy atom. The van der Waals surface area contributed by atoms with Gasteiger partial charge >= 0.3 is 5.97 Å². The number of hydrogen-bond donors (Lipinski definition) is 1. The average Bonchev–Trinajstić information content (AvgIpc) is 2.75. The van der Waals surface area contributed by atoms with Crippen molar-refractivity contribution >= 4 is 11.7 Å². The van der Waals surface area contributed by atoms with Crippen LogP contribution in [0.3, 0.4) is 0 Å². The second kappa shape index (κ2) is 5.59. The molecule has 0 bridgehead atoms. The highest BCUT2D eigenvalue weighted by molar-refractivity contribution is 5.85. The number of carbonyl (C=O) groups excluding carboxylic acids is 1. The average molecular weight is 265 g/mol. The van der Waals surface area contributed by atoms with Gasteiger partial charge < -0.3 is 10.1 Å². The highest BCUT2D eigenvalue weighted by Crippen LogP contribution is 2.39. The summed E-state index contributed by atoms with van der Waals surface area (Å²) in [5.41, 5.74) is 0.0802. The van der Waals surface area contributed by atoms with E-state index in [0.29, 0.717) is 6.61 Å². The molecule has 4 heteroatoms. The fourth-order valence-electron chi connectivity index (χ4n) is 2.77. The molecular weight excluding hydrogens is 245 g/mol. The van der Waals surface area contributed by atoms with Gasteiger partial charge in [0.25, 0.3) is 0 Å². The number of halogens is 1. The molecule has 0 saturated heterocycles. The normalized spacial score (nSPS) is 26.2. The summed E-state index contributed by atoms with van der Waals surface area (Å²) >= 11 is 0. The van der Waals surface area contributed by atoms with Crippen molar-refractivity contribution < 1.29 is 13.9 Å². The molecular formula is C15H20FNO2. The fourth-order valence-corrected chi connectivity index (χ4v) is 2.77. The van der Waals surface area contributed by atoms with Gasteiger partial charge in [0, 0.05) is 5.69 Å². The molecule has 0 spiro atoms. The second-order valence-electron chi connectivity index (χ2n) is 5.12. The first-order valence-electron chi connectivity index (χ1n) is 6.79. The van der Waals surface area contributed by atoms with E-state index < -0.39 is 5.54 Å². The number of esters is 1. The van der Waals surface area contributed by atoms with Crippen molar-refractivity contribution in [3.8, 4) is 0 Å². The molecule has 104 valence electrons. The standard InChI is InChI=1S/C15H20FNO2/c1-3-19-14(18)15(10-4-5-11(15)2)17-13-8-6-12(16)7-9-13/h6-9,11,17H,3-5,10H2,1-2H3. The lowest BCUT2D eigenvalue weighted by Gasteiger charge is -2.33. The summed E-state index contributed by atoms with van der Waals surface area (Å²) in [6, 6.07) is 6.09. The molecule has 2 unspecified atom stereocenters. The molecule has 19 heavy (non-hydrogen) atoms. The van der Waals surface area contributed by atoms with Gasteiger partial charge in [-0.1, -0.05) is 13.3 Å². The summed E-state index contributed by atoms with van der Waals surface area (Å²) in [4.78, 5) is 12.3. The van der Waals surface area contributed by atoms with Crippen LogP contribution in [0.4, 0.5) is 10.1 Å². The molecule has 1 saturated carbocycles. The van der Waals surface area contributed by atoms with Gasteiger partial charge in [0.2, 0.25) is 0 Å². The lowest BCUT2D eigenvalue weighted by Crippen LogP contribution is -2.49. The van der Waals surface area contributed by atoms with Crippen LogP contribution in [0.25, 0.3) is 0 Å². The number of anilines is 1. The molecule has 1 aliphatic carbocycles. The van der Waals surface area contributed by atoms with E-state index in [-0.39, 0.29) is 17.7 Å². The molecule has 2 atom stereocenters. The number of rotatable bonds is 4. The lowest BCUT2D eigenvalue weighted by molar-refractivity contribution is -0.149. The summed E-state index contributed by atoms with van der Waals surface area (Å²) in [5, 5.41) is 3.27. The van der Waals surface area contributed by atoms with Crippen LogP contribution in [0.1, 0.15) is 33.1 Å². The second-order valence-corrected chi connectivity index (χ2v) is 5.12. The van der Waals surface area contributed by atoms with Crippen LogP contribution in [0.2, 0.25) is 0 Å². The Hall–Kier alpha value is -1.58. The molecule has 0 radical (unpaired) electrons. The summed E-state index contributed by atoms with van der Waals surface area (Å²) in [7, 11) is 0. The number of nitrogens with one attached hydrogen (secondary N) is 1. The van der Waals surface area contributed by atoms with E-state index >= 15 is 0 Å². The van der Waals surface area contributed by atoms with E-state index in [4.69, 9.17) is 4.74 Å². The van der Waals surface area contributed by atoms with Gasteiger partial charge in [0.05, 0.1) is 6.61 Å². The minimum absolute atomic E-state index is 0.204. The van der Waals surface area contributed by atoms with E-state index in [0.717, 1.165) is 24.9 Å². The predicted molar refractivity (Wildman–Crippen MR) is 72.4 cm³/mol. The van der Waals surface area contributed by atoms with Crippen LogP contribution in [-0.2, 0) is 9.53 Å². The maximum absolute atomic E-state index is 12.9. The van der Waals surface area contributed by atoms with Crippen LogP contribution in [0.15, 0.2) is 24.3 Å². The van der Waals surface area contributed by atoms with Crippen molar-refractivity contribution in [1.29, 1.82) is 0 Å². The number of benzene rings is 1. The smallest absolute Gasteiger partial charge is 0.332 e. The minimum atomic E-state index is -0.673. The van der Waals surface area contributed by atoms with Crippen LogP contribution in [0, 0.1) is 11.7 Å². The first-order valence-corrected chi connectivity index (χ1v) is 6.79. The Morgan fingerprint density at radius 3 is 2.68 bits per heavy atom. The van der Waals surface area contributed by atoms with Crippen LogP contribution >= 0.6 is 0 Å². The van der Waals surface area contributed by atoms with Crippen LogP contribution < -0.4 is 5.32 Å². The number of ether oxygens (including phenoxy) is 1. The molecule has 3 nitrogen and oxygen atoms in total. The van der Waals surface area contributed by atoms with E-state index in [9.17, 15) is 9.18 Å². The maximum atomic E-state index is 12.9. The van der Waals surface area contributed by atoms with E-state index in [1.54, 1.807) is 12.1 Å². The summed E-state index contributed by atoms with van der Waals surface area (Å²) in [6.45, 7) is 4.24. The zero-order valence-electron chi connectivity index (χ0n) is 11.4. The highest BCUT2D eigenvalue weighted by atomic mass is 19.1. The van der Waals surface area contributed by atoms with Crippen molar-refractivity contribution in [2.24, 2.45) is 5.92 Å².